The van der Waals surface area contributed by atoms with Gasteiger partial charge in [-0.3, -0.25) is 0 Å². The summed E-state index contributed by atoms with van der Waals surface area (Å²) in [4.78, 5) is 9.98. The molecule has 0 bridgehead atoms. The van der Waals surface area contributed by atoms with E-state index in [1.54, 1.807) is 4.90 Å². The molecule has 0 aliphatic carbocycles. The minimum atomic E-state index is -2.83. The Kier molecular flexibility index (Phi) is 4.47. The average molecular weight is 310 g/mol. The summed E-state index contributed by atoms with van der Waals surface area (Å²) >= 11 is 7.28. The third kappa shape index (κ3) is 3.09. The Morgan fingerprint density at radius 2 is 2.37 bits per heavy atom. The fourth-order valence-corrected chi connectivity index (χ4v) is 2.73. The van der Waals surface area contributed by atoms with Crippen molar-refractivity contribution in [2.75, 3.05) is 30.9 Å². The lowest BCUT2D eigenvalue weighted by molar-refractivity contribution is -0.0881. The number of hydrogen-bond donors (Lipinski definition) is 1. The minimum Gasteiger partial charge on any atom is -0.396 e. The SMILES string of the molecule is CSc1nc(N2CCC(F)(F)C(CO)C2)ncc1Cl. The molecule has 0 aromatic carbocycles. The van der Waals surface area contributed by atoms with E-state index in [0.717, 1.165) is 0 Å². The molecular weight excluding hydrogens is 296 g/mol. The van der Waals surface area contributed by atoms with E-state index >= 15 is 0 Å². The minimum absolute atomic E-state index is 0.0406. The first-order chi connectivity index (χ1) is 8.97. The monoisotopic (exact) mass is 309 g/mol. The van der Waals surface area contributed by atoms with Crippen molar-refractivity contribution in [2.24, 2.45) is 5.92 Å². The van der Waals surface area contributed by atoms with E-state index in [-0.39, 0.29) is 19.5 Å². The van der Waals surface area contributed by atoms with Gasteiger partial charge in [0.1, 0.15) is 5.03 Å². The first kappa shape index (κ1) is 14.7. The summed E-state index contributed by atoms with van der Waals surface area (Å²) in [6.07, 6.45) is 2.99. The van der Waals surface area contributed by atoms with Crippen molar-refractivity contribution in [2.45, 2.75) is 17.4 Å². The number of anilines is 1. The summed E-state index contributed by atoms with van der Waals surface area (Å²) in [5.74, 6) is -3.54. The molecule has 1 aliphatic heterocycles. The van der Waals surface area contributed by atoms with Gasteiger partial charge in [-0.2, -0.15) is 0 Å². The van der Waals surface area contributed by atoms with E-state index in [1.165, 1.54) is 18.0 Å². The lowest BCUT2D eigenvalue weighted by Gasteiger charge is -2.37. The number of aliphatic hydroxyl groups is 1. The molecule has 1 unspecified atom stereocenters. The van der Waals surface area contributed by atoms with Crippen molar-refractivity contribution < 1.29 is 13.9 Å². The maximum absolute atomic E-state index is 13.5. The largest absolute Gasteiger partial charge is 0.396 e. The number of rotatable bonds is 3. The highest BCUT2D eigenvalue weighted by atomic mass is 35.5. The Hall–Kier alpha value is -0.660. The van der Waals surface area contributed by atoms with Crippen LogP contribution in [0.15, 0.2) is 11.2 Å². The summed E-state index contributed by atoms with van der Waals surface area (Å²) in [5.41, 5.74) is 0. The van der Waals surface area contributed by atoms with Gasteiger partial charge in [-0.15, -0.1) is 11.8 Å². The Morgan fingerprint density at radius 1 is 1.63 bits per heavy atom. The number of piperidine rings is 1. The van der Waals surface area contributed by atoms with Gasteiger partial charge in [-0.05, 0) is 6.26 Å². The number of aromatic nitrogens is 2. The second-order valence-electron chi connectivity index (χ2n) is 4.36. The maximum Gasteiger partial charge on any atom is 0.256 e. The molecule has 1 fully saturated rings. The van der Waals surface area contributed by atoms with Crippen molar-refractivity contribution in [3.63, 3.8) is 0 Å². The molecule has 0 spiro atoms. The second-order valence-corrected chi connectivity index (χ2v) is 5.57. The summed E-state index contributed by atoms with van der Waals surface area (Å²) in [7, 11) is 0. The summed E-state index contributed by atoms with van der Waals surface area (Å²) < 4.78 is 27.0. The zero-order valence-corrected chi connectivity index (χ0v) is 11.9. The molecule has 2 rings (SSSR count). The van der Waals surface area contributed by atoms with E-state index in [2.05, 4.69) is 9.97 Å². The Labute approximate surface area is 119 Å². The number of nitrogens with zero attached hydrogens (tertiary/aromatic N) is 3. The molecule has 1 atom stereocenters. The lowest BCUT2D eigenvalue weighted by Crippen LogP contribution is -2.49. The summed E-state index contributed by atoms with van der Waals surface area (Å²) in [5, 5.41) is 10.1. The number of thioether (sulfide) groups is 1. The van der Waals surface area contributed by atoms with Crippen LogP contribution in [0.4, 0.5) is 14.7 Å². The number of halogens is 3. The fourth-order valence-electron chi connectivity index (χ4n) is 1.99. The van der Waals surface area contributed by atoms with Crippen LogP contribution in [0.3, 0.4) is 0 Å². The van der Waals surface area contributed by atoms with Gasteiger partial charge >= 0.3 is 0 Å². The predicted octanol–water partition coefficient (Wildman–Crippen LogP) is 2.31. The fraction of sp³-hybridized carbons (Fsp3) is 0.636. The molecule has 0 amide bonds. The van der Waals surface area contributed by atoms with Crippen molar-refractivity contribution in [3.8, 4) is 0 Å². The van der Waals surface area contributed by atoms with Crippen LogP contribution in [-0.2, 0) is 0 Å². The van der Waals surface area contributed by atoms with Gasteiger partial charge in [-0.1, -0.05) is 11.6 Å². The van der Waals surface area contributed by atoms with E-state index < -0.39 is 18.4 Å². The van der Waals surface area contributed by atoms with Crippen LogP contribution >= 0.6 is 23.4 Å². The average Bonchev–Trinajstić information content (AvgIpc) is 2.39. The molecule has 106 valence electrons. The van der Waals surface area contributed by atoms with Gasteiger partial charge in [-0.25, -0.2) is 18.7 Å². The molecule has 0 radical (unpaired) electrons. The topological polar surface area (TPSA) is 49.2 Å². The van der Waals surface area contributed by atoms with Crippen LogP contribution in [0.1, 0.15) is 6.42 Å². The van der Waals surface area contributed by atoms with Gasteiger partial charge < -0.3 is 10.0 Å². The normalized spacial score (nSPS) is 22.6. The van der Waals surface area contributed by atoms with Crippen molar-refractivity contribution in [1.82, 2.24) is 9.97 Å². The number of hydrogen-bond acceptors (Lipinski definition) is 5. The molecular formula is C11H14ClF2N3OS. The molecule has 2 heterocycles. The molecule has 1 aromatic rings. The number of aliphatic hydroxyl groups excluding tert-OH is 1. The highest BCUT2D eigenvalue weighted by molar-refractivity contribution is 7.98. The van der Waals surface area contributed by atoms with Gasteiger partial charge in [0.15, 0.2) is 0 Å². The van der Waals surface area contributed by atoms with Gasteiger partial charge in [0.05, 0.1) is 23.7 Å². The quantitative estimate of drug-likeness (QED) is 0.686. The Balaban J connectivity index is 2.19. The summed E-state index contributed by atoms with van der Waals surface area (Å²) in [6, 6.07) is 0. The molecule has 4 nitrogen and oxygen atoms in total. The number of alkyl halides is 2. The Bertz CT molecular complexity index is 464. The molecule has 1 aliphatic rings. The van der Waals surface area contributed by atoms with E-state index in [1.807, 2.05) is 6.26 Å². The van der Waals surface area contributed by atoms with Crippen LogP contribution in [0.2, 0.25) is 5.02 Å². The molecule has 1 N–H and O–H groups in total. The summed E-state index contributed by atoms with van der Waals surface area (Å²) in [6.45, 7) is -0.343. The first-order valence-electron chi connectivity index (χ1n) is 5.78. The van der Waals surface area contributed by atoms with Crippen LogP contribution in [0.5, 0.6) is 0 Å². The molecule has 8 heteroatoms. The van der Waals surface area contributed by atoms with Crippen LogP contribution in [0, 0.1) is 5.92 Å². The van der Waals surface area contributed by atoms with Crippen LogP contribution < -0.4 is 4.90 Å². The predicted molar refractivity (Wildman–Crippen MR) is 71.2 cm³/mol. The molecule has 1 saturated heterocycles. The van der Waals surface area contributed by atoms with Crippen LogP contribution in [-0.4, -0.2) is 46.9 Å². The third-order valence-corrected chi connectivity index (χ3v) is 4.24. The van der Waals surface area contributed by atoms with Crippen molar-refractivity contribution >= 4 is 29.3 Å². The maximum atomic E-state index is 13.5. The van der Waals surface area contributed by atoms with E-state index in [9.17, 15) is 8.78 Å². The van der Waals surface area contributed by atoms with E-state index in [0.29, 0.717) is 16.0 Å². The van der Waals surface area contributed by atoms with Gasteiger partial charge in [0, 0.05) is 19.5 Å². The third-order valence-electron chi connectivity index (χ3n) is 3.15. The highest BCUT2D eigenvalue weighted by Crippen LogP contribution is 2.34. The molecule has 19 heavy (non-hydrogen) atoms. The molecule has 0 saturated carbocycles. The zero-order valence-electron chi connectivity index (χ0n) is 10.3. The zero-order chi connectivity index (χ0) is 14.0. The lowest BCUT2D eigenvalue weighted by atomic mass is 9.94. The van der Waals surface area contributed by atoms with Gasteiger partial charge in [0.2, 0.25) is 5.95 Å². The van der Waals surface area contributed by atoms with Crippen molar-refractivity contribution in [3.05, 3.63) is 11.2 Å². The first-order valence-corrected chi connectivity index (χ1v) is 7.38. The smallest absolute Gasteiger partial charge is 0.256 e. The second kappa shape index (κ2) is 5.76. The molecule has 1 aromatic heterocycles. The van der Waals surface area contributed by atoms with Crippen molar-refractivity contribution in [1.29, 1.82) is 0 Å². The standard InChI is InChI=1S/C11H14ClF2N3OS/c1-19-9-8(12)4-15-10(16-9)17-3-2-11(13,14)7(5-17)6-18/h4,7,18H,2-3,5-6H2,1H3. The van der Waals surface area contributed by atoms with E-state index in [4.69, 9.17) is 16.7 Å². The highest BCUT2D eigenvalue weighted by Gasteiger charge is 2.44. The van der Waals surface area contributed by atoms with Crippen LogP contribution in [0.25, 0.3) is 0 Å². The van der Waals surface area contributed by atoms with Gasteiger partial charge in [0.25, 0.3) is 5.92 Å². The Morgan fingerprint density at radius 3 is 3.00 bits per heavy atom.